The van der Waals surface area contributed by atoms with Crippen LogP contribution < -0.4 is 0 Å². The van der Waals surface area contributed by atoms with E-state index in [9.17, 15) is 4.79 Å². The van der Waals surface area contributed by atoms with Gasteiger partial charge in [-0.3, -0.25) is 4.79 Å². The molecule has 0 N–H and O–H groups in total. The summed E-state index contributed by atoms with van der Waals surface area (Å²) in [5.74, 6) is 4.71. The molecule has 0 aromatic carbocycles. The van der Waals surface area contributed by atoms with Crippen molar-refractivity contribution in [3.05, 3.63) is 23.3 Å². The van der Waals surface area contributed by atoms with Crippen molar-refractivity contribution in [2.24, 2.45) is 46.3 Å². The molecule has 0 aromatic heterocycles. The number of fused-ring (bicyclic) bond motifs is 5. The number of carbonyl (C=O) groups excluding carboxylic acids is 1. The third-order valence-corrected chi connectivity index (χ3v) is 10.8. The van der Waals surface area contributed by atoms with Crippen LogP contribution in [-0.2, 0) is 9.53 Å². The van der Waals surface area contributed by atoms with Crippen molar-refractivity contribution in [3.8, 4) is 0 Å². The van der Waals surface area contributed by atoms with Gasteiger partial charge in [-0.05, 0) is 84.9 Å². The second kappa shape index (κ2) is 8.95. The van der Waals surface area contributed by atoms with Crippen molar-refractivity contribution in [2.45, 2.75) is 112 Å². The van der Waals surface area contributed by atoms with Gasteiger partial charge in [0.15, 0.2) is 0 Å². The number of rotatable bonds is 6. The van der Waals surface area contributed by atoms with Crippen LogP contribution in [0.1, 0.15) is 106 Å². The molecule has 3 saturated carbocycles. The lowest BCUT2D eigenvalue weighted by Crippen LogP contribution is -2.46. The van der Waals surface area contributed by atoms with Crippen molar-refractivity contribution < 1.29 is 9.53 Å². The summed E-state index contributed by atoms with van der Waals surface area (Å²) in [6.07, 6.45) is 16.5. The van der Waals surface area contributed by atoms with E-state index in [0.717, 1.165) is 48.9 Å². The molecule has 2 heteroatoms. The van der Waals surface area contributed by atoms with Gasteiger partial charge < -0.3 is 4.74 Å². The van der Waals surface area contributed by atoms with Crippen LogP contribution in [0.4, 0.5) is 0 Å². The normalized spacial score (nSPS) is 40.5. The van der Waals surface area contributed by atoms with E-state index in [1.807, 2.05) is 0 Å². The Labute approximate surface area is 197 Å². The summed E-state index contributed by atoms with van der Waals surface area (Å²) in [4.78, 5) is 11.5. The van der Waals surface area contributed by atoms with E-state index in [1.54, 1.807) is 12.5 Å². The summed E-state index contributed by atoms with van der Waals surface area (Å²) in [5, 5.41) is 0. The number of carbonyl (C=O) groups is 1. The molecule has 3 fully saturated rings. The van der Waals surface area contributed by atoms with Crippen molar-refractivity contribution in [1.29, 1.82) is 0 Å². The molecule has 0 amide bonds. The van der Waals surface area contributed by atoms with Gasteiger partial charge in [-0.25, -0.2) is 0 Å². The summed E-state index contributed by atoms with van der Waals surface area (Å²) >= 11 is 0. The second-order valence-electron chi connectivity index (χ2n) is 12.9. The lowest BCUT2D eigenvalue weighted by molar-refractivity contribution is -0.148. The maximum absolute atomic E-state index is 11.5. The molecule has 0 aliphatic heterocycles. The molecular formula is C30H48O2. The van der Waals surface area contributed by atoms with Crippen LogP contribution in [0.25, 0.3) is 0 Å². The number of hydrogen-bond acceptors (Lipinski definition) is 2. The molecule has 0 heterocycles. The zero-order chi connectivity index (χ0) is 23.3. The quantitative estimate of drug-likeness (QED) is 0.390. The van der Waals surface area contributed by atoms with Crippen LogP contribution in [0, 0.1) is 46.3 Å². The summed E-state index contributed by atoms with van der Waals surface area (Å²) in [6, 6.07) is 0. The third-order valence-electron chi connectivity index (χ3n) is 10.8. The number of hydrogen-bond donors (Lipinski definition) is 0. The highest BCUT2D eigenvalue weighted by Gasteiger charge is 2.57. The predicted molar refractivity (Wildman–Crippen MR) is 133 cm³/mol. The molecule has 0 radical (unpaired) electrons. The topological polar surface area (TPSA) is 26.3 Å². The van der Waals surface area contributed by atoms with Crippen molar-refractivity contribution in [2.75, 3.05) is 0 Å². The van der Waals surface area contributed by atoms with Gasteiger partial charge >= 0.3 is 5.97 Å². The van der Waals surface area contributed by atoms with E-state index in [1.165, 1.54) is 44.1 Å². The van der Waals surface area contributed by atoms with Gasteiger partial charge in [-0.1, -0.05) is 77.7 Å². The highest BCUT2D eigenvalue weighted by molar-refractivity contribution is 5.66. The summed E-state index contributed by atoms with van der Waals surface area (Å²) < 4.78 is 5.60. The second-order valence-corrected chi connectivity index (χ2v) is 12.9. The van der Waals surface area contributed by atoms with E-state index in [0.29, 0.717) is 11.3 Å². The fraction of sp³-hybridized carbons (Fsp3) is 0.833. The smallest absolute Gasteiger partial charge is 0.302 e. The molecule has 0 aromatic rings. The molecule has 4 rings (SSSR count). The van der Waals surface area contributed by atoms with Crippen molar-refractivity contribution in [1.82, 2.24) is 0 Å². The molecule has 32 heavy (non-hydrogen) atoms. The first kappa shape index (κ1) is 24.1. The molecule has 0 saturated heterocycles. The first-order chi connectivity index (χ1) is 15.1. The Kier molecular flexibility index (Phi) is 6.74. The Morgan fingerprint density at radius 2 is 1.75 bits per heavy atom. The molecule has 4 aliphatic rings. The fourth-order valence-electron chi connectivity index (χ4n) is 8.34. The summed E-state index contributed by atoms with van der Waals surface area (Å²) in [6.45, 7) is 16.5. The molecule has 2 nitrogen and oxygen atoms in total. The molecular weight excluding hydrogens is 392 g/mol. The lowest BCUT2D eigenvalue weighted by atomic mass is 9.50. The van der Waals surface area contributed by atoms with Gasteiger partial charge in [-0.15, -0.1) is 0 Å². The minimum absolute atomic E-state index is 0.0839. The highest BCUT2D eigenvalue weighted by Crippen LogP contribution is 2.66. The van der Waals surface area contributed by atoms with Crippen molar-refractivity contribution >= 4 is 5.97 Å². The Balaban J connectivity index is 1.50. The van der Waals surface area contributed by atoms with Gasteiger partial charge in [0, 0.05) is 13.3 Å². The van der Waals surface area contributed by atoms with E-state index >= 15 is 0 Å². The van der Waals surface area contributed by atoms with E-state index in [2.05, 4.69) is 53.7 Å². The third kappa shape index (κ3) is 4.14. The molecule has 180 valence electrons. The number of allylic oxidation sites excluding steroid dienone is 3. The van der Waals surface area contributed by atoms with Gasteiger partial charge in [-0.2, -0.15) is 0 Å². The predicted octanol–water partition coefficient (Wildman–Crippen LogP) is 8.13. The zero-order valence-electron chi connectivity index (χ0n) is 21.9. The van der Waals surface area contributed by atoms with Crippen LogP contribution >= 0.6 is 0 Å². The minimum atomic E-state index is -0.131. The molecule has 8 atom stereocenters. The monoisotopic (exact) mass is 440 g/mol. The van der Waals surface area contributed by atoms with Crippen molar-refractivity contribution in [3.63, 3.8) is 0 Å². The summed E-state index contributed by atoms with van der Waals surface area (Å²) in [7, 11) is 0. The van der Waals surface area contributed by atoms with Crippen LogP contribution in [0.15, 0.2) is 23.3 Å². The van der Waals surface area contributed by atoms with Crippen LogP contribution in [0.3, 0.4) is 0 Å². The van der Waals surface area contributed by atoms with Gasteiger partial charge in [0.2, 0.25) is 0 Å². The molecule has 7 unspecified atom stereocenters. The van der Waals surface area contributed by atoms with Gasteiger partial charge in [0.25, 0.3) is 0 Å². The maximum atomic E-state index is 11.5. The summed E-state index contributed by atoms with van der Waals surface area (Å²) in [5.41, 5.74) is 4.08. The number of ether oxygens (including phenoxy) is 1. The largest absolute Gasteiger partial charge is 0.462 e. The minimum Gasteiger partial charge on any atom is -0.462 e. The Morgan fingerprint density at radius 3 is 2.44 bits per heavy atom. The molecule has 4 aliphatic carbocycles. The zero-order valence-corrected chi connectivity index (χ0v) is 21.9. The fourth-order valence-corrected chi connectivity index (χ4v) is 8.34. The SMILES string of the molecule is CC(=O)O[C@H]1CCC2(C)C(=CC=C3C2CCC2(C)C3CCC2C(C)CCC(C)C(C)C)C1. The van der Waals surface area contributed by atoms with Crippen LogP contribution in [-0.4, -0.2) is 12.1 Å². The first-order valence-electron chi connectivity index (χ1n) is 13.6. The molecule has 0 spiro atoms. The van der Waals surface area contributed by atoms with E-state index < -0.39 is 0 Å². The lowest BCUT2D eigenvalue weighted by Gasteiger charge is -2.55. The van der Waals surface area contributed by atoms with Crippen LogP contribution in [0.2, 0.25) is 0 Å². The first-order valence-corrected chi connectivity index (χ1v) is 13.6. The Morgan fingerprint density at radius 1 is 1.00 bits per heavy atom. The number of esters is 1. The standard InChI is InChI=1S/C30H48O2/c1-19(2)20(3)8-9-21(4)26-12-13-27-25-11-10-23-18-24(32-22(5)31)14-16-29(23,6)28(25)15-17-30(26,27)7/h10-11,19-21,24,26-28H,8-9,12-18H2,1-7H3/t20?,21?,24-,26?,27?,28?,29?,30?/m0/s1. The average molecular weight is 441 g/mol. The van der Waals surface area contributed by atoms with Gasteiger partial charge in [0.1, 0.15) is 6.10 Å². The van der Waals surface area contributed by atoms with Crippen LogP contribution in [0.5, 0.6) is 0 Å². The van der Waals surface area contributed by atoms with E-state index in [-0.39, 0.29) is 17.5 Å². The average Bonchev–Trinajstić information content (AvgIpc) is 3.08. The Hall–Kier alpha value is -1.05. The Bertz CT molecular complexity index is 776. The maximum Gasteiger partial charge on any atom is 0.302 e. The highest BCUT2D eigenvalue weighted by atomic mass is 16.5. The van der Waals surface area contributed by atoms with E-state index in [4.69, 9.17) is 4.74 Å². The molecule has 0 bridgehead atoms. The van der Waals surface area contributed by atoms with Gasteiger partial charge in [0.05, 0.1) is 0 Å².